The number of hydrogen-bond acceptors (Lipinski definition) is 7. The van der Waals surface area contributed by atoms with Crippen molar-refractivity contribution in [2.75, 3.05) is 11.9 Å². The van der Waals surface area contributed by atoms with Crippen molar-refractivity contribution in [1.82, 2.24) is 24.9 Å². The minimum Gasteiger partial charge on any atom is -0.390 e. The molecule has 3 aromatic rings. The molecular formula is C26H35FN6O3. The van der Waals surface area contributed by atoms with E-state index in [1.54, 1.807) is 16.9 Å². The van der Waals surface area contributed by atoms with Crippen molar-refractivity contribution >= 4 is 17.4 Å². The highest BCUT2D eigenvalue weighted by Gasteiger charge is 2.32. The molecule has 1 aliphatic rings. The predicted octanol–water partition coefficient (Wildman–Crippen LogP) is 3.37. The quantitative estimate of drug-likeness (QED) is 0.375. The standard InChI is InChI=1S/C26H35FN6O3/c1-25(2,35)17-7-9-18(10-8-17)31-23-19(24(34)30-15-21(27)26(3,4)36)14-29-22-12-20(32-33(22)23)16-6-5-11-28-13-16/h5-6,11-14,17-18,21,31,35-36H,7-10,15H2,1-4H3,(H,30,34)/t17?,18?,21-/m1/s1. The van der Waals surface area contributed by atoms with Crippen LogP contribution in [0.15, 0.2) is 36.8 Å². The van der Waals surface area contributed by atoms with Gasteiger partial charge in [0.1, 0.15) is 17.6 Å². The highest BCUT2D eigenvalue weighted by molar-refractivity contribution is 5.99. The summed E-state index contributed by atoms with van der Waals surface area (Å²) in [5.74, 6) is 0.168. The average molecular weight is 499 g/mol. The van der Waals surface area contributed by atoms with Crippen LogP contribution in [0.5, 0.6) is 0 Å². The second-order valence-electron chi connectivity index (χ2n) is 10.7. The van der Waals surface area contributed by atoms with Crippen LogP contribution in [0.3, 0.4) is 0 Å². The Bertz CT molecular complexity index is 1190. The van der Waals surface area contributed by atoms with Gasteiger partial charge in [-0.25, -0.2) is 9.37 Å². The highest BCUT2D eigenvalue weighted by Crippen LogP contribution is 2.34. The van der Waals surface area contributed by atoms with E-state index in [1.807, 2.05) is 32.0 Å². The summed E-state index contributed by atoms with van der Waals surface area (Å²) in [5, 5.41) is 31.0. The Labute approximate surface area is 210 Å². The van der Waals surface area contributed by atoms with Crippen LogP contribution < -0.4 is 10.6 Å². The van der Waals surface area contributed by atoms with Crippen molar-refractivity contribution in [3.8, 4) is 11.3 Å². The molecule has 0 radical (unpaired) electrons. The predicted molar refractivity (Wildman–Crippen MR) is 135 cm³/mol. The van der Waals surface area contributed by atoms with E-state index in [4.69, 9.17) is 5.10 Å². The van der Waals surface area contributed by atoms with Crippen molar-refractivity contribution in [2.24, 2.45) is 5.92 Å². The van der Waals surface area contributed by atoms with Gasteiger partial charge in [-0.3, -0.25) is 9.78 Å². The number of nitrogens with one attached hydrogen (secondary N) is 2. The first-order valence-electron chi connectivity index (χ1n) is 12.4. The molecular weight excluding hydrogens is 463 g/mol. The summed E-state index contributed by atoms with van der Waals surface area (Å²) >= 11 is 0. The number of amides is 1. The zero-order valence-electron chi connectivity index (χ0n) is 21.2. The third kappa shape index (κ3) is 5.82. The molecule has 4 N–H and O–H groups in total. The van der Waals surface area contributed by atoms with Gasteiger partial charge in [-0.05, 0) is 71.4 Å². The molecule has 1 atom stereocenters. The Morgan fingerprint density at radius 2 is 1.92 bits per heavy atom. The minimum atomic E-state index is -1.63. The Hall–Kier alpha value is -3.11. The Morgan fingerprint density at radius 3 is 2.53 bits per heavy atom. The number of anilines is 1. The number of pyridine rings is 1. The number of carbonyl (C=O) groups excluding carboxylic acids is 1. The summed E-state index contributed by atoms with van der Waals surface area (Å²) in [6.07, 6.45) is 6.57. The topological polar surface area (TPSA) is 125 Å². The van der Waals surface area contributed by atoms with E-state index in [0.29, 0.717) is 17.2 Å². The van der Waals surface area contributed by atoms with Crippen molar-refractivity contribution in [1.29, 1.82) is 0 Å². The summed E-state index contributed by atoms with van der Waals surface area (Å²) < 4.78 is 15.9. The first kappa shape index (κ1) is 26.0. The molecule has 0 spiro atoms. The normalized spacial score (nSPS) is 19.8. The summed E-state index contributed by atoms with van der Waals surface area (Å²) in [6.45, 7) is 6.07. The van der Waals surface area contributed by atoms with Gasteiger partial charge in [0.15, 0.2) is 5.65 Å². The lowest BCUT2D eigenvalue weighted by Crippen LogP contribution is -2.42. The SMILES string of the molecule is CC(C)(O)C1CCC(Nc2c(C(=O)NC[C@@H](F)C(C)(C)O)cnc3cc(-c4cccnc4)nn23)CC1. The number of aromatic nitrogens is 4. The van der Waals surface area contributed by atoms with Crippen molar-refractivity contribution in [3.05, 3.63) is 42.4 Å². The van der Waals surface area contributed by atoms with Gasteiger partial charge in [0, 0.05) is 36.3 Å². The van der Waals surface area contributed by atoms with Gasteiger partial charge in [0.05, 0.1) is 23.4 Å². The Balaban J connectivity index is 1.64. The smallest absolute Gasteiger partial charge is 0.256 e. The van der Waals surface area contributed by atoms with Gasteiger partial charge < -0.3 is 20.8 Å². The molecule has 3 aromatic heterocycles. The van der Waals surface area contributed by atoms with Gasteiger partial charge in [-0.2, -0.15) is 9.61 Å². The van der Waals surface area contributed by atoms with Crippen molar-refractivity contribution in [3.63, 3.8) is 0 Å². The molecule has 0 aliphatic heterocycles. The molecule has 0 bridgehead atoms. The lowest BCUT2D eigenvalue weighted by atomic mass is 9.77. The zero-order chi connectivity index (χ0) is 26.1. The number of nitrogens with zero attached hydrogens (tertiary/aromatic N) is 4. The number of halogens is 1. The van der Waals surface area contributed by atoms with E-state index in [2.05, 4.69) is 20.6 Å². The van der Waals surface area contributed by atoms with E-state index in [1.165, 1.54) is 20.0 Å². The summed E-state index contributed by atoms with van der Waals surface area (Å²) in [4.78, 5) is 21.7. The average Bonchev–Trinajstić information content (AvgIpc) is 3.27. The van der Waals surface area contributed by atoms with E-state index in [0.717, 1.165) is 31.2 Å². The van der Waals surface area contributed by atoms with Crippen molar-refractivity contribution < 1.29 is 19.4 Å². The number of rotatable bonds is 8. The largest absolute Gasteiger partial charge is 0.390 e. The molecule has 0 saturated heterocycles. The van der Waals surface area contributed by atoms with Crippen LogP contribution in [0.2, 0.25) is 0 Å². The lowest BCUT2D eigenvalue weighted by Gasteiger charge is -2.36. The number of hydrogen-bond donors (Lipinski definition) is 4. The fourth-order valence-electron chi connectivity index (χ4n) is 4.56. The molecule has 10 heteroatoms. The minimum absolute atomic E-state index is 0.0668. The van der Waals surface area contributed by atoms with E-state index in [-0.39, 0.29) is 24.1 Å². The lowest BCUT2D eigenvalue weighted by molar-refractivity contribution is -0.00183. The highest BCUT2D eigenvalue weighted by atomic mass is 19.1. The second-order valence-corrected chi connectivity index (χ2v) is 10.7. The molecule has 1 fully saturated rings. The van der Waals surface area contributed by atoms with Gasteiger partial charge in [0.25, 0.3) is 5.91 Å². The number of alkyl halides is 1. The first-order chi connectivity index (χ1) is 16.9. The Morgan fingerprint density at radius 1 is 1.19 bits per heavy atom. The van der Waals surface area contributed by atoms with Crippen LogP contribution in [-0.2, 0) is 0 Å². The second kappa shape index (κ2) is 10.1. The third-order valence-corrected chi connectivity index (χ3v) is 6.96. The number of aliphatic hydroxyl groups is 2. The summed E-state index contributed by atoms with van der Waals surface area (Å²) in [5.41, 5.74) is -0.0435. The van der Waals surface area contributed by atoms with Gasteiger partial charge >= 0.3 is 0 Å². The van der Waals surface area contributed by atoms with Crippen LogP contribution in [0, 0.1) is 5.92 Å². The number of fused-ring (bicyclic) bond motifs is 1. The summed E-state index contributed by atoms with van der Waals surface area (Å²) in [6, 6.07) is 5.60. The maximum absolute atomic E-state index is 14.3. The first-order valence-corrected chi connectivity index (χ1v) is 12.4. The van der Waals surface area contributed by atoms with Crippen molar-refractivity contribution in [2.45, 2.75) is 76.8 Å². The van der Waals surface area contributed by atoms with Crippen LogP contribution in [-0.4, -0.2) is 65.7 Å². The van der Waals surface area contributed by atoms with Crippen LogP contribution in [0.25, 0.3) is 16.9 Å². The van der Waals surface area contributed by atoms with Gasteiger partial charge in [-0.15, -0.1) is 0 Å². The maximum Gasteiger partial charge on any atom is 0.256 e. The van der Waals surface area contributed by atoms with Crippen LogP contribution >= 0.6 is 0 Å². The van der Waals surface area contributed by atoms with E-state index >= 15 is 0 Å². The molecule has 9 nitrogen and oxygen atoms in total. The van der Waals surface area contributed by atoms with Gasteiger partial charge in [-0.1, -0.05) is 0 Å². The molecule has 3 heterocycles. The Kier molecular flexibility index (Phi) is 7.28. The summed E-state index contributed by atoms with van der Waals surface area (Å²) in [7, 11) is 0. The van der Waals surface area contributed by atoms with Crippen LogP contribution in [0.4, 0.5) is 10.2 Å². The molecule has 194 valence electrons. The fourth-order valence-corrected chi connectivity index (χ4v) is 4.56. The van der Waals surface area contributed by atoms with Gasteiger partial charge in [0.2, 0.25) is 0 Å². The zero-order valence-corrected chi connectivity index (χ0v) is 21.2. The molecule has 1 aliphatic carbocycles. The monoisotopic (exact) mass is 498 g/mol. The van der Waals surface area contributed by atoms with E-state index in [9.17, 15) is 19.4 Å². The molecule has 0 unspecified atom stereocenters. The maximum atomic E-state index is 14.3. The molecule has 1 amide bonds. The van der Waals surface area contributed by atoms with Crippen LogP contribution in [0.1, 0.15) is 63.7 Å². The molecule has 0 aromatic carbocycles. The van der Waals surface area contributed by atoms with E-state index < -0.39 is 23.3 Å². The number of carbonyl (C=O) groups is 1. The molecule has 1 saturated carbocycles. The fraction of sp³-hybridized carbons (Fsp3) is 0.538. The molecule has 36 heavy (non-hydrogen) atoms. The molecule has 4 rings (SSSR count). The third-order valence-electron chi connectivity index (χ3n) is 6.96.